The van der Waals surface area contributed by atoms with E-state index in [1.165, 1.54) is 77.8 Å². The van der Waals surface area contributed by atoms with Crippen LogP contribution in [0.4, 0.5) is 4.79 Å². The van der Waals surface area contributed by atoms with Gasteiger partial charge in [0.05, 0.1) is 32.0 Å². The summed E-state index contributed by atoms with van der Waals surface area (Å²) in [5.41, 5.74) is 0. The van der Waals surface area contributed by atoms with Gasteiger partial charge in [0.15, 0.2) is 0 Å². The number of ether oxygens (including phenoxy) is 3. The standard InChI is InChI=1S/C70H125N13O16/c1-23-50-65(91)77(17)47(15)64(90)81(21)56(48(16)98-32-25-24-29-83-30-34-97-35-31-83)62(88)76-54(42(8)9)68(94)78(18)52(37-40(4)5)61(87)72-45(13)59(85)71-46(14)60(86)75-51(36-39(2)3)66(92)79(19)53(38-41(6)7)67(93)80(20)55(43(10)11)69(95)82(22)57(63(89)74-50)58(84)44(12)28-33-99-70(96)73-49-26-27-49/h39-58,84H,23-38H2,1-22H3,(H,71,85)(H,72,87)(H,73,96)(H,74,89)(H,75,86)(H,76,88)/t44-,45+,46-,47-,48-,50+,51+,52+,53+,54+,55+,56+,57+,58-/m1/s1. The van der Waals surface area contributed by atoms with Crippen molar-refractivity contribution in [1.82, 2.24) is 66.2 Å². The predicted octanol–water partition coefficient (Wildman–Crippen LogP) is 2.10. The molecular weight excluding hydrogens is 1280 g/mol. The summed E-state index contributed by atoms with van der Waals surface area (Å²) in [5, 5.41) is 28.9. The normalized spacial score (nSPS) is 27.4. The third-order valence-electron chi connectivity index (χ3n) is 19.1. The number of hydrogen-bond donors (Lipinski definition) is 7. The number of unbranched alkanes of at least 4 members (excludes halogenated alkanes) is 1. The Balaban J connectivity index is 2.29. The Kier molecular flexibility index (Phi) is 35.5. The first-order valence-corrected chi connectivity index (χ1v) is 35.8. The molecule has 29 nitrogen and oxygen atoms in total. The van der Waals surface area contributed by atoms with E-state index < -0.39 is 167 Å². The highest BCUT2D eigenvalue weighted by Crippen LogP contribution is 2.26. The number of rotatable bonds is 22. The van der Waals surface area contributed by atoms with Gasteiger partial charge in [-0.15, -0.1) is 0 Å². The summed E-state index contributed by atoms with van der Waals surface area (Å²) in [6.45, 7) is 30.6. The second kappa shape index (κ2) is 40.7. The van der Waals surface area contributed by atoms with Crippen molar-refractivity contribution in [2.24, 2.45) is 35.5 Å². The second-order valence-corrected chi connectivity index (χ2v) is 29.6. The molecule has 0 unspecified atom stereocenters. The van der Waals surface area contributed by atoms with E-state index in [9.17, 15) is 38.7 Å². The molecule has 3 aliphatic rings. The lowest BCUT2D eigenvalue weighted by Crippen LogP contribution is -2.64. The van der Waals surface area contributed by atoms with E-state index in [-0.39, 0.29) is 69.1 Å². The molecular formula is C70H125N13O16. The zero-order valence-corrected chi connectivity index (χ0v) is 63.6. The number of likely N-dealkylation sites (N-methyl/N-ethyl adjacent to an activating group) is 6. The predicted molar refractivity (Wildman–Crippen MR) is 374 cm³/mol. The summed E-state index contributed by atoms with van der Waals surface area (Å²) in [6, 6.07) is -14.7. The number of aliphatic hydroxyl groups excluding tert-OH is 1. The van der Waals surface area contributed by atoms with Crippen molar-refractivity contribution in [2.75, 3.05) is 88.3 Å². The van der Waals surface area contributed by atoms with Gasteiger partial charge in [0.25, 0.3) is 0 Å². The Bertz CT molecular complexity index is 2710. The molecule has 14 atom stereocenters. The summed E-state index contributed by atoms with van der Waals surface area (Å²) < 4.78 is 17.3. The molecule has 29 heteroatoms. The molecule has 1 aliphatic carbocycles. The SMILES string of the molecule is CC[C@@H]1NC(=O)[C@H]([C@H](O)[C@H](C)CCOC(=O)NC2CC2)N(C)C(=O)[C@H](C(C)C)N(C)C(=O)[C@H](CC(C)C)N(C)C(=O)[C@H](CC(C)C)NC(=O)[C@@H](C)NC(=O)[C@H](C)NC(=O)[C@H](CC(C)C)N(C)C(=O)[C@H](C(C)C)NC(=O)[C@H]([C@@H](C)OCCCCN2CCOCC2)N(C)C(=O)[C@@H](C)N(C)C1=O. The quantitative estimate of drug-likeness (QED) is 0.0763. The molecule has 0 spiro atoms. The van der Waals surface area contributed by atoms with E-state index >= 15 is 24.0 Å². The average Bonchev–Trinajstić information content (AvgIpc) is 1.75. The van der Waals surface area contributed by atoms with Gasteiger partial charge in [0, 0.05) is 68.0 Å². The lowest BCUT2D eigenvalue weighted by Gasteiger charge is -2.41. The summed E-state index contributed by atoms with van der Waals surface area (Å²) >= 11 is 0. The van der Waals surface area contributed by atoms with Crippen molar-refractivity contribution in [3.63, 3.8) is 0 Å². The van der Waals surface area contributed by atoms with Crippen LogP contribution in [0.3, 0.4) is 0 Å². The van der Waals surface area contributed by atoms with E-state index in [1.807, 2.05) is 41.5 Å². The van der Waals surface area contributed by atoms with Crippen LogP contribution in [-0.4, -0.2) is 284 Å². The van der Waals surface area contributed by atoms with Gasteiger partial charge >= 0.3 is 6.09 Å². The molecule has 2 saturated heterocycles. The highest BCUT2D eigenvalue weighted by Gasteiger charge is 2.46. The van der Waals surface area contributed by atoms with Crippen LogP contribution in [0.25, 0.3) is 0 Å². The smallest absolute Gasteiger partial charge is 0.407 e. The van der Waals surface area contributed by atoms with Gasteiger partial charge in [-0.25, -0.2) is 4.79 Å². The summed E-state index contributed by atoms with van der Waals surface area (Å²) in [7, 11) is 8.27. The fraction of sp³-hybridized carbons (Fsp3) is 0.829. The first kappa shape index (κ1) is 86.5. The Morgan fingerprint density at radius 3 is 1.56 bits per heavy atom. The Labute approximate surface area is 589 Å². The number of carbonyl (C=O) groups is 12. The maximum Gasteiger partial charge on any atom is 0.407 e. The zero-order chi connectivity index (χ0) is 75.2. The summed E-state index contributed by atoms with van der Waals surface area (Å²) in [6.07, 6.45) is -0.0929. The topological polar surface area (TPSA) is 348 Å². The van der Waals surface area contributed by atoms with Crippen molar-refractivity contribution in [3.8, 4) is 0 Å². The van der Waals surface area contributed by atoms with Crippen LogP contribution >= 0.6 is 0 Å². The maximum atomic E-state index is 15.4. The third kappa shape index (κ3) is 25.7. The maximum absolute atomic E-state index is 15.4. The fourth-order valence-corrected chi connectivity index (χ4v) is 12.4. The molecule has 99 heavy (non-hydrogen) atoms. The van der Waals surface area contributed by atoms with Crippen molar-refractivity contribution in [2.45, 2.75) is 253 Å². The van der Waals surface area contributed by atoms with Gasteiger partial charge in [0.1, 0.15) is 66.5 Å². The Morgan fingerprint density at radius 2 is 1.02 bits per heavy atom. The van der Waals surface area contributed by atoms with Crippen LogP contribution in [0.1, 0.15) is 169 Å². The molecule has 0 bridgehead atoms. The summed E-state index contributed by atoms with van der Waals surface area (Å²) in [5.74, 6) is -10.9. The molecule has 2 aliphatic heterocycles. The number of aliphatic hydroxyl groups is 1. The Morgan fingerprint density at radius 1 is 0.525 bits per heavy atom. The molecule has 1 saturated carbocycles. The number of nitrogens with zero attached hydrogens (tertiary/aromatic N) is 7. The molecule has 3 rings (SSSR count). The minimum atomic E-state index is -1.76. The van der Waals surface area contributed by atoms with Gasteiger partial charge in [-0.3, -0.25) is 57.6 Å². The summed E-state index contributed by atoms with van der Waals surface area (Å²) in [4.78, 5) is 185. The molecule has 12 amide bonds. The van der Waals surface area contributed by atoms with Gasteiger partial charge < -0.3 is 80.6 Å². The van der Waals surface area contributed by atoms with Crippen LogP contribution < -0.4 is 31.9 Å². The average molecular weight is 1400 g/mol. The molecule has 2 heterocycles. The molecule has 0 aromatic heterocycles. The largest absolute Gasteiger partial charge is 0.450 e. The molecule has 0 aromatic carbocycles. The van der Waals surface area contributed by atoms with Crippen molar-refractivity contribution < 1.29 is 76.9 Å². The van der Waals surface area contributed by atoms with Crippen molar-refractivity contribution in [1.29, 1.82) is 0 Å². The molecule has 0 aromatic rings. The lowest BCUT2D eigenvalue weighted by atomic mass is 9.91. The van der Waals surface area contributed by atoms with Crippen LogP contribution in [0.5, 0.6) is 0 Å². The van der Waals surface area contributed by atoms with E-state index in [0.717, 1.165) is 53.6 Å². The number of nitrogens with one attached hydrogen (secondary N) is 6. The molecule has 7 N–H and O–H groups in total. The molecule has 0 radical (unpaired) electrons. The van der Waals surface area contributed by atoms with Crippen LogP contribution in [0.2, 0.25) is 0 Å². The van der Waals surface area contributed by atoms with E-state index in [0.29, 0.717) is 19.6 Å². The Hall–Kier alpha value is -6.72. The number of morpholine rings is 1. The van der Waals surface area contributed by atoms with Gasteiger partial charge in [-0.2, -0.15) is 0 Å². The third-order valence-corrected chi connectivity index (χ3v) is 19.1. The minimum Gasteiger partial charge on any atom is -0.450 e. The monoisotopic (exact) mass is 1400 g/mol. The van der Waals surface area contributed by atoms with Crippen LogP contribution in [0.15, 0.2) is 0 Å². The van der Waals surface area contributed by atoms with Gasteiger partial charge in [0.2, 0.25) is 65.0 Å². The molecule has 566 valence electrons. The van der Waals surface area contributed by atoms with Crippen LogP contribution in [-0.2, 0) is 67.0 Å². The van der Waals surface area contributed by atoms with Gasteiger partial charge in [-0.1, -0.05) is 83.1 Å². The highest BCUT2D eigenvalue weighted by molar-refractivity contribution is 6.00. The number of hydrogen-bond acceptors (Lipinski definition) is 17. The number of alkyl carbamates (subject to hydrolysis) is 1. The van der Waals surface area contributed by atoms with E-state index in [4.69, 9.17) is 14.2 Å². The van der Waals surface area contributed by atoms with E-state index in [1.54, 1.807) is 48.5 Å². The minimum absolute atomic E-state index is 0.00329. The highest BCUT2D eigenvalue weighted by atomic mass is 16.5. The number of amides is 12. The van der Waals surface area contributed by atoms with Crippen molar-refractivity contribution in [3.05, 3.63) is 0 Å². The number of carbonyl (C=O) groups excluding carboxylic acids is 12. The first-order chi connectivity index (χ1) is 46.2. The van der Waals surface area contributed by atoms with E-state index in [2.05, 4.69) is 36.8 Å². The fourth-order valence-electron chi connectivity index (χ4n) is 12.4. The van der Waals surface area contributed by atoms with Crippen LogP contribution in [0, 0.1) is 35.5 Å². The lowest BCUT2D eigenvalue weighted by molar-refractivity contribution is -0.157. The zero-order valence-electron chi connectivity index (χ0n) is 63.6. The van der Waals surface area contributed by atoms with Crippen molar-refractivity contribution >= 4 is 71.1 Å². The second-order valence-electron chi connectivity index (χ2n) is 29.6. The molecule has 3 fully saturated rings. The van der Waals surface area contributed by atoms with Gasteiger partial charge in [-0.05, 0) is 128 Å². The first-order valence-electron chi connectivity index (χ1n) is 35.8.